The van der Waals surface area contributed by atoms with Gasteiger partial charge in [0.25, 0.3) is 5.91 Å². The Balaban J connectivity index is 1.84. The van der Waals surface area contributed by atoms with E-state index in [2.05, 4.69) is 21.6 Å². The van der Waals surface area contributed by atoms with Gasteiger partial charge in [-0.1, -0.05) is 30.2 Å². The highest BCUT2D eigenvalue weighted by Crippen LogP contribution is 2.33. The molecule has 24 heavy (non-hydrogen) atoms. The quantitative estimate of drug-likeness (QED) is 0.728. The number of carbonyl (C=O) groups is 1. The molecule has 1 aliphatic rings. The maximum Gasteiger partial charge on any atom is 0.272 e. The Bertz CT molecular complexity index is 714. The zero-order valence-electron chi connectivity index (χ0n) is 13.5. The van der Waals surface area contributed by atoms with Gasteiger partial charge in [0.05, 0.1) is 6.61 Å². The molecule has 128 valence electrons. The molecule has 0 saturated carbocycles. The highest BCUT2D eigenvalue weighted by atomic mass is 35.5. The van der Waals surface area contributed by atoms with Gasteiger partial charge < -0.3 is 10.4 Å². The molecule has 1 aliphatic carbocycles. The van der Waals surface area contributed by atoms with Crippen molar-refractivity contribution in [3.05, 3.63) is 51.8 Å². The number of halogens is 1. The van der Waals surface area contributed by atoms with Crippen LogP contribution in [0.5, 0.6) is 0 Å². The van der Waals surface area contributed by atoms with Crippen molar-refractivity contribution in [2.45, 2.75) is 38.0 Å². The Morgan fingerprint density at radius 1 is 1.42 bits per heavy atom. The number of carbonyl (C=O) groups excluding carboxylic acids is 1. The summed E-state index contributed by atoms with van der Waals surface area (Å²) in [5, 5.41) is 19.7. The van der Waals surface area contributed by atoms with Crippen molar-refractivity contribution in [3.63, 3.8) is 0 Å². The zero-order valence-corrected chi connectivity index (χ0v) is 14.3. The number of aromatic nitrogens is 2. The van der Waals surface area contributed by atoms with E-state index in [1.54, 1.807) is 0 Å². The SMILES string of the molecule is O=C(NCCO)c1n[nH]c2c1CCCCC2Cc1cccc(Cl)c1. The molecule has 0 fully saturated rings. The molecule has 2 aromatic rings. The molecule has 1 atom stereocenters. The predicted molar refractivity (Wildman–Crippen MR) is 93.5 cm³/mol. The second kappa shape index (κ2) is 7.81. The third-order valence-electron chi connectivity index (χ3n) is 4.52. The van der Waals surface area contributed by atoms with Gasteiger partial charge in [0.2, 0.25) is 0 Å². The van der Waals surface area contributed by atoms with E-state index in [-0.39, 0.29) is 19.1 Å². The number of nitrogens with zero attached hydrogens (tertiary/aromatic N) is 1. The van der Waals surface area contributed by atoms with E-state index in [9.17, 15) is 4.79 Å². The Kier molecular flexibility index (Phi) is 5.53. The summed E-state index contributed by atoms with van der Waals surface area (Å²) in [5.74, 6) is 0.0952. The Hall–Kier alpha value is -1.85. The van der Waals surface area contributed by atoms with Crippen LogP contribution in [0.15, 0.2) is 24.3 Å². The fraction of sp³-hybridized carbons (Fsp3) is 0.444. The Morgan fingerprint density at radius 3 is 3.08 bits per heavy atom. The molecule has 3 N–H and O–H groups in total. The van der Waals surface area contributed by atoms with Crippen LogP contribution in [-0.2, 0) is 12.8 Å². The Morgan fingerprint density at radius 2 is 2.29 bits per heavy atom. The molecule has 6 heteroatoms. The molecule has 1 unspecified atom stereocenters. The molecular weight excluding hydrogens is 326 g/mol. The van der Waals surface area contributed by atoms with Gasteiger partial charge in [-0.2, -0.15) is 5.10 Å². The summed E-state index contributed by atoms with van der Waals surface area (Å²) in [6, 6.07) is 7.93. The number of rotatable bonds is 5. The minimum absolute atomic E-state index is 0.0737. The van der Waals surface area contributed by atoms with Crippen LogP contribution in [0.4, 0.5) is 0 Å². The fourth-order valence-electron chi connectivity index (χ4n) is 3.40. The van der Waals surface area contributed by atoms with Crippen molar-refractivity contribution < 1.29 is 9.90 Å². The van der Waals surface area contributed by atoms with E-state index < -0.39 is 0 Å². The summed E-state index contributed by atoms with van der Waals surface area (Å²) in [4.78, 5) is 12.2. The second-order valence-electron chi connectivity index (χ2n) is 6.22. The number of amides is 1. The molecule has 1 aromatic heterocycles. The Labute approximate surface area is 146 Å². The van der Waals surface area contributed by atoms with Crippen LogP contribution in [0.2, 0.25) is 5.02 Å². The summed E-state index contributed by atoms with van der Waals surface area (Å²) in [6.07, 6.45) is 5.00. The summed E-state index contributed by atoms with van der Waals surface area (Å²) >= 11 is 6.10. The highest BCUT2D eigenvalue weighted by molar-refractivity contribution is 6.30. The molecule has 0 bridgehead atoms. The van der Waals surface area contributed by atoms with Crippen LogP contribution < -0.4 is 5.32 Å². The zero-order chi connectivity index (χ0) is 16.9. The highest BCUT2D eigenvalue weighted by Gasteiger charge is 2.26. The van der Waals surface area contributed by atoms with Gasteiger partial charge in [0, 0.05) is 28.7 Å². The van der Waals surface area contributed by atoms with E-state index in [0.29, 0.717) is 11.6 Å². The van der Waals surface area contributed by atoms with Crippen molar-refractivity contribution in [2.75, 3.05) is 13.2 Å². The normalized spacial score (nSPS) is 17.2. The van der Waals surface area contributed by atoms with Gasteiger partial charge in [-0.25, -0.2) is 0 Å². The monoisotopic (exact) mass is 347 g/mol. The van der Waals surface area contributed by atoms with E-state index in [1.165, 1.54) is 5.56 Å². The van der Waals surface area contributed by atoms with E-state index in [1.807, 2.05) is 18.2 Å². The average Bonchev–Trinajstić information content (AvgIpc) is 2.90. The third-order valence-corrected chi connectivity index (χ3v) is 4.76. The summed E-state index contributed by atoms with van der Waals surface area (Å²) in [6.45, 7) is 0.169. The van der Waals surface area contributed by atoms with Crippen molar-refractivity contribution in [3.8, 4) is 0 Å². The topological polar surface area (TPSA) is 78.0 Å². The van der Waals surface area contributed by atoms with Crippen LogP contribution in [0.3, 0.4) is 0 Å². The van der Waals surface area contributed by atoms with Crippen LogP contribution in [0, 0.1) is 0 Å². The summed E-state index contributed by atoms with van der Waals surface area (Å²) < 4.78 is 0. The first-order valence-electron chi connectivity index (χ1n) is 8.39. The van der Waals surface area contributed by atoms with E-state index in [4.69, 9.17) is 16.7 Å². The number of aliphatic hydroxyl groups excluding tert-OH is 1. The molecule has 0 aliphatic heterocycles. The van der Waals surface area contributed by atoms with Crippen LogP contribution in [-0.4, -0.2) is 34.4 Å². The van der Waals surface area contributed by atoms with Gasteiger partial charge in [0.15, 0.2) is 5.69 Å². The van der Waals surface area contributed by atoms with Gasteiger partial charge in [0.1, 0.15) is 0 Å². The minimum atomic E-state index is -0.218. The van der Waals surface area contributed by atoms with Gasteiger partial charge in [-0.05, 0) is 43.4 Å². The smallest absolute Gasteiger partial charge is 0.272 e. The number of aliphatic hydroxyl groups is 1. The number of hydrogen-bond acceptors (Lipinski definition) is 3. The number of fused-ring (bicyclic) bond motifs is 1. The van der Waals surface area contributed by atoms with Crippen LogP contribution in [0.1, 0.15) is 52.5 Å². The van der Waals surface area contributed by atoms with Crippen molar-refractivity contribution in [2.24, 2.45) is 0 Å². The number of aromatic amines is 1. The first-order valence-corrected chi connectivity index (χ1v) is 8.77. The lowest BCUT2D eigenvalue weighted by Crippen LogP contribution is -2.27. The van der Waals surface area contributed by atoms with Crippen LogP contribution in [0.25, 0.3) is 0 Å². The lowest BCUT2D eigenvalue weighted by Gasteiger charge is -2.15. The first kappa shape index (κ1) is 17.0. The lowest BCUT2D eigenvalue weighted by atomic mass is 9.91. The number of benzene rings is 1. The number of H-pyrrole nitrogens is 1. The number of nitrogens with one attached hydrogen (secondary N) is 2. The second-order valence-corrected chi connectivity index (χ2v) is 6.66. The molecule has 1 aromatic carbocycles. The van der Waals surface area contributed by atoms with E-state index >= 15 is 0 Å². The molecule has 1 amide bonds. The number of hydrogen-bond donors (Lipinski definition) is 3. The third kappa shape index (κ3) is 3.79. The minimum Gasteiger partial charge on any atom is -0.395 e. The summed E-state index contributed by atoms with van der Waals surface area (Å²) in [5.41, 5.74) is 3.76. The molecule has 0 radical (unpaired) electrons. The lowest BCUT2D eigenvalue weighted by molar-refractivity contribution is 0.0939. The van der Waals surface area contributed by atoms with Crippen molar-refractivity contribution in [1.29, 1.82) is 0 Å². The standard InChI is InChI=1S/C18H22ClN3O2/c19-14-6-3-4-12(11-14)10-13-5-1-2-7-15-16(13)21-22-17(15)18(24)20-8-9-23/h3-4,6,11,13,23H,1-2,5,7-10H2,(H,20,24)(H,21,22). The summed E-state index contributed by atoms with van der Waals surface area (Å²) in [7, 11) is 0. The van der Waals surface area contributed by atoms with Gasteiger partial charge in [-0.15, -0.1) is 0 Å². The average molecular weight is 348 g/mol. The fourth-order valence-corrected chi connectivity index (χ4v) is 3.61. The molecule has 3 rings (SSSR count). The maximum absolute atomic E-state index is 12.2. The van der Waals surface area contributed by atoms with Gasteiger partial charge >= 0.3 is 0 Å². The maximum atomic E-state index is 12.2. The van der Waals surface area contributed by atoms with Crippen molar-refractivity contribution >= 4 is 17.5 Å². The van der Waals surface area contributed by atoms with Gasteiger partial charge in [-0.3, -0.25) is 9.89 Å². The molecule has 0 spiro atoms. The van der Waals surface area contributed by atoms with E-state index in [0.717, 1.165) is 48.4 Å². The van der Waals surface area contributed by atoms with Crippen molar-refractivity contribution in [1.82, 2.24) is 15.5 Å². The predicted octanol–water partition coefficient (Wildman–Crippen LogP) is 2.84. The van der Waals surface area contributed by atoms with Crippen LogP contribution >= 0.6 is 11.6 Å². The molecule has 1 heterocycles. The molecule has 5 nitrogen and oxygen atoms in total. The molecule has 0 saturated heterocycles. The first-order chi connectivity index (χ1) is 11.7. The largest absolute Gasteiger partial charge is 0.395 e. The molecular formula is C18H22ClN3O2.